The van der Waals surface area contributed by atoms with E-state index < -0.39 is 0 Å². The minimum Gasteiger partial charge on any atom is -0.500 e. The van der Waals surface area contributed by atoms with Gasteiger partial charge < -0.3 is 11.8 Å². The Balaban J connectivity index is 0. The van der Waals surface area contributed by atoms with E-state index in [9.17, 15) is 4.79 Å². The molecule has 0 fully saturated rings. The monoisotopic (exact) mass is 188 g/mol. The first-order chi connectivity index (χ1) is 3.18. The predicted molar refractivity (Wildman–Crippen MR) is 28.1 cm³/mol. The number of amides is 1. The fourth-order valence-corrected chi connectivity index (χ4v) is 0.191. The fourth-order valence-electron chi connectivity index (χ4n) is 0.191. The summed E-state index contributed by atoms with van der Waals surface area (Å²) in [7, 11) is 4.96. The summed E-state index contributed by atoms with van der Waals surface area (Å²) >= 11 is 0. The zero-order valence-electron chi connectivity index (χ0n) is 5.05. The van der Waals surface area contributed by atoms with Crippen LogP contribution in [0.2, 0.25) is 0 Å². The van der Waals surface area contributed by atoms with E-state index in [1.54, 1.807) is 7.05 Å². The van der Waals surface area contributed by atoms with Gasteiger partial charge in [-0.2, -0.15) is 0 Å². The number of nitrogens with zero attached hydrogens (tertiary/aromatic N) is 1. The van der Waals surface area contributed by atoms with Crippen molar-refractivity contribution in [2.45, 2.75) is 6.42 Å². The Morgan fingerprint density at radius 3 is 2.12 bits per heavy atom. The van der Waals surface area contributed by atoms with Gasteiger partial charge in [-0.05, 0) is 7.05 Å². The normalized spacial score (nSPS) is 7.38. The quantitative estimate of drug-likeness (QED) is 0.547. The average molecular weight is 188 g/mol. The fraction of sp³-hybridized carbons (Fsp3) is 0.400. The van der Waals surface area contributed by atoms with Gasteiger partial charge in [0.1, 0.15) is 0 Å². The van der Waals surface area contributed by atoms with Crippen molar-refractivity contribution in [1.82, 2.24) is 4.90 Å². The van der Waals surface area contributed by atoms with E-state index in [2.05, 4.69) is 14.0 Å². The average Bonchev–Trinajstić information content (AvgIpc) is 1.65. The molecule has 0 saturated carbocycles. The molecular formula is C5H9NOY-2. The molecule has 0 aromatic heterocycles. The van der Waals surface area contributed by atoms with Crippen LogP contribution in [0.25, 0.3) is 0 Å². The minimum atomic E-state index is -0.0417. The maximum Gasteiger partial charge on any atom is 0.162 e. The summed E-state index contributed by atoms with van der Waals surface area (Å²) in [5, 5.41) is 0. The van der Waals surface area contributed by atoms with Crippen LogP contribution < -0.4 is 0 Å². The molecule has 0 aliphatic carbocycles. The maximum atomic E-state index is 10.3. The van der Waals surface area contributed by atoms with Crippen molar-refractivity contribution < 1.29 is 37.5 Å². The van der Waals surface area contributed by atoms with Crippen molar-refractivity contribution in [2.24, 2.45) is 0 Å². The number of rotatable bonds is 1. The molecule has 0 aliphatic heterocycles. The molecule has 0 aromatic rings. The van der Waals surface area contributed by atoms with Crippen molar-refractivity contribution in [3.63, 3.8) is 0 Å². The standard InChI is InChI=1S/C5H9NO.Y/c1-4-5(7)6(2)3;/h1-2,4H2,3H3;/q-2;. The van der Waals surface area contributed by atoms with Gasteiger partial charge in [0.25, 0.3) is 0 Å². The third-order valence-electron chi connectivity index (χ3n) is 0.640. The Bertz CT molecular complexity index is 72.8. The van der Waals surface area contributed by atoms with Gasteiger partial charge in [-0.15, -0.1) is 6.42 Å². The van der Waals surface area contributed by atoms with Gasteiger partial charge in [-0.3, -0.25) is 11.8 Å². The molecule has 0 saturated heterocycles. The van der Waals surface area contributed by atoms with Crippen LogP contribution in [0.15, 0.2) is 0 Å². The molecule has 0 heterocycles. The van der Waals surface area contributed by atoms with Gasteiger partial charge in [0.15, 0.2) is 5.91 Å². The third kappa shape index (κ3) is 4.73. The second kappa shape index (κ2) is 5.71. The molecule has 0 aromatic carbocycles. The van der Waals surface area contributed by atoms with E-state index in [0.29, 0.717) is 6.42 Å². The molecule has 8 heavy (non-hydrogen) atoms. The molecule has 2 nitrogen and oxygen atoms in total. The van der Waals surface area contributed by atoms with Crippen molar-refractivity contribution in [3.05, 3.63) is 14.0 Å². The Hall–Kier alpha value is 0.574. The Kier molecular flexibility index (Phi) is 8.12. The Morgan fingerprint density at radius 2 is 2.12 bits per heavy atom. The molecule has 45 valence electrons. The summed E-state index contributed by atoms with van der Waals surface area (Å²) in [5.41, 5.74) is 0. The molecule has 1 amide bonds. The van der Waals surface area contributed by atoms with Crippen molar-refractivity contribution in [3.8, 4) is 0 Å². The van der Waals surface area contributed by atoms with Crippen LogP contribution in [0.3, 0.4) is 0 Å². The zero-order chi connectivity index (χ0) is 5.86. The Labute approximate surface area is 75.5 Å². The van der Waals surface area contributed by atoms with E-state index in [0.717, 1.165) is 0 Å². The van der Waals surface area contributed by atoms with Crippen LogP contribution in [0.1, 0.15) is 6.42 Å². The van der Waals surface area contributed by atoms with Crippen molar-refractivity contribution >= 4 is 5.91 Å². The van der Waals surface area contributed by atoms with Crippen LogP contribution in [-0.4, -0.2) is 17.9 Å². The number of carbonyl (C=O) groups excluding carboxylic acids is 1. The smallest absolute Gasteiger partial charge is 0.162 e. The maximum absolute atomic E-state index is 10.3. The first-order valence-corrected chi connectivity index (χ1v) is 2.04. The first-order valence-electron chi connectivity index (χ1n) is 2.04. The van der Waals surface area contributed by atoms with E-state index in [4.69, 9.17) is 0 Å². The SMILES string of the molecule is [CH2-]CC(=O)N([CH2-])C.[Y]. The number of hydrogen-bond donors (Lipinski definition) is 0. The molecule has 0 aliphatic rings. The molecule has 0 rings (SSSR count). The minimum absolute atomic E-state index is 0. The third-order valence-corrected chi connectivity index (χ3v) is 0.640. The van der Waals surface area contributed by atoms with Crippen LogP contribution >= 0.6 is 0 Å². The molecule has 0 spiro atoms. The van der Waals surface area contributed by atoms with Crippen LogP contribution in [0, 0.1) is 14.0 Å². The molecule has 3 heteroatoms. The second-order valence-corrected chi connectivity index (χ2v) is 1.34. The van der Waals surface area contributed by atoms with Gasteiger partial charge in [0.05, 0.1) is 0 Å². The summed E-state index contributed by atoms with van der Waals surface area (Å²) in [6.07, 6.45) is 0.292. The van der Waals surface area contributed by atoms with E-state index in [1.807, 2.05) is 0 Å². The van der Waals surface area contributed by atoms with Crippen LogP contribution in [0.5, 0.6) is 0 Å². The molecule has 0 unspecified atom stereocenters. The second-order valence-electron chi connectivity index (χ2n) is 1.34. The largest absolute Gasteiger partial charge is 0.500 e. The van der Waals surface area contributed by atoms with Crippen LogP contribution in [0.4, 0.5) is 0 Å². The summed E-state index contributed by atoms with van der Waals surface area (Å²) < 4.78 is 0. The molecular weight excluding hydrogens is 179 g/mol. The van der Waals surface area contributed by atoms with Crippen molar-refractivity contribution in [1.29, 1.82) is 0 Å². The van der Waals surface area contributed by atoms with Gasteiger partial charge in [0.2, 0.25) is 0 Å². The number of hydrogen-bond acceptors (Lipinski definition) is 1. The van der Waals surface area contributed by atoms with Gasteiger partial charge in [-0.1, -0.05) is 0 Å². The van der Waals surface area contributed by atoms with Gasteiger partial charge >= 0.3 is 0 Å². The predicted octanol–water partition coefficient (Wildman–Crippen LogP) is 0.458. The molecule has 0 N–H and O–H groups in total. The molecule has 0 bridgehead atoms. The summed E-state index contributed by atoms with van der Waals surface area (Å²) in [6.45, 7) is 3.38. The van der Waals surface area contributed by atoms with E-state index in [1.165, 1.54) is 4.90 Å². The van der Waals surface area contributed by atoms with E-state index in [-0.39, 0.29) is 38.6 Å². The first kappa shape index (κ1) is 11.4. The summed E-state index contributed by atoms with van der Waals surface area (Å²) in [4.78, 5) is 11.6. The van der Waals surface area contributed by atoms with Crippen LogP contribution in [-0.2, 0) is 37.5 Å². The van der Waals surface area contributed by atoms with Crippen molar-refractivity contribution in [2.75, 3.05) is 7.05 Å². The number of carbonyl (C=O) groups is 1. The zero-order valence-corrected chi connectivity index (χ0v) is 7.89. The Morgan fingerprint density at radius 1 is 1.75 bits per heavy atom. The molecule has 0 atom stereocenters. The van der Waals surface area contributed by atoms with Gasteiger partial charge in [-0.25, -0.2) is 0 Å². The summed E-state index contributed by atoms with van der Waals surface area (Å²) in [5.74, 6) is -0.0417. The molecule has 1 radical (unpaired) electrons. The van der Waals surface area contributed by atoms with Gasteiger partial charge in [0, 0.05) is 32.7 Å². The summed E-state index contributed by atoms with van der Waals surface area (Å²) in [6, 6.07) is 0. The topological polar surface area (TPSA) is 20.3 Å². The van der Waals surface area contributed by atoms with E-state index >= 15 is 0 Å².